The highest BCUT2D eigenvalue weighted by atomic mass is 16.2. The Bertz CT molecular complexity index is 387. The van der Waals surface area contributed by atoms with Crippen LogP contribution in [0.5, 0.6) is 0 Å². The molecule has 5 heteroatoms. The summed E-state index contributed by atoms with van der Waals surface area (Å²) in [6, 6.07) is 8.22. The third-order valence-electron chi connectivity index (χ3n) is 1.62. The molecule has 0 bridgehead atoms. The van der Waals surface area contributed by atoms with Gasteiger partial charge < -0.3 is 5.73 Å². The van der Waals surface area contributed by atoms with E-state index >= 15 is 0 Å². The van der Waals surface area contributed by atoms with Crippen molar-refractivity contribution in [2.24, 2.45) is 5.73 Å². The molecular formula is C10H10N2O3. The summed E-state index contributed by atoms with van der Waals surface area (Å²) in [6.07, 6.45) is -0.488. The predicted octanol–water partition coefficient (Wildman–Crippen LogP) is -0.182. The maximum Gasteiger partial charge on any atom is 0.257 e. The molecule has 0 saturated heterocycles. The molecular weight excluding hydrogens is 196 g/mol. The van der Waals surface area contributed by atoms with Crippen LogP contribution in [0.1, 0.15) is 16.8 Å². The lowest BCUT2D eigenvalue weighted by Crippen LogP contribution is -2.33. The minimum atomic E-state index is -0.770. The van der Waals surface area contributed by atoms with Crippen LogP contribution >= 0.6 is 0 Å². The lowest BCUT2D eigenvalue weighted by molar-refractivity contribution is -0.126. The standard InChI is InChI=1S/C10H10N2O3/c11-8(13)6-9(14)12-10(15)7-4-2-1-3-5-7/h1-5H,6H2,(H2,11,13)(H,12,14,15). The van der Waals surface area contributed by atoms with E-state index in [2.05, 4.69) is 0 Å². The first-order chi connectivity index (χ1) is 7.09. The van der Waals surface area contributed by atoms with Gasteiger partial charge in [0.15, 0.2) is 0 Å². The van der Waals surface area contributed by atoms with E-state index in [4.69, 9.17) is 5.73 Å². The average molecular weight is 206 g/mol. The molecule has 1 rings (SSSR count). The van der Waals surface area contributed by atoms with E-state index in [0.29, 0.717) is 5.56 Å². The van der Waals surface area contributed by atoms with Crippen LogP contribution in [0.15, 0.2) is 30.3 Å². The van der Waals surface area contributed by atoms with E-state index in [-0.39, 0.29) is 0 Å². The van der Waals surface area contributed by atoms with Crippen molar-refractivity contribution in [3.63, 3.8) is 0 Å². The van der Waals surface area contributed by atoms with Crippen molar-refractivity contribution in [3.05, 3.63) is 35.9 Å². The van der Waals surface area contributed by atoms with Crippen molar-refractivity contribution in [1.29, 1.82) is 0 Å². The molecule has 0 spiro atoms. The molecule has 0 unspecified atom stereocenters. The third-order valence-corrected chi connectivity index (χ3v) is 1.62. The first kappa shape index (κ1) is 10.9. The molecule has 0 atom stereocenters. The van der Waals surface area contributed by atoms with Crippen LogP contribution in [0.2, 0.25) is 0 Å². The van der Waals surface area contributed by atoms with Crippen LogP contribution in [-0.4, -0.2) is 17.7 Å². The fourth-order valence-corrected chi connectivity index (χ4v) is 0.991. The highest BCUT2D eigenvalue weighted by molar-refractivity contribution is 6.08. The van der Waals surface area contributed by atoms with E-state index in [1.807, 2.05) is 5.32 Å². The molecule has 3 N–H and O–H groups in total. The van der Waals surface area contributed by atoms with Gasteiger partial charge in [0.05, 0.1) is 0 Å². The van der Waals surface area contributed by atoms with Gasteiger partial charge in [-0.1, -0.05) is 18.2 Å². The number of nitrogens with one attached hydrogen (secondary N) is 1. The molecule has 0 saturated carbocycles. The summed E-state index contributed by atoms with van der Waals surface area (Å²) in [4.78, 5) is 32.7. The van der Waals surface area contributed by atoms with Crippen LogP contribution in [0.4, 0.5) is 0 Å². The minimum absolute atomic E-state index is 0.357. The van der Waals surface area contributed by atoms with Crippen molar-refractivity contribution in [2.75, 3.05) is 0 Å². The summed E-state index contributed by atoms with van der Waals surface area (Å²) in [5.41, 5.74) is 5.15. The number of hydrogen-bond acceptors (Lipinski definition) is 3. The molecule has 0 aliphatic rings. The molecule has 0 aliphatic carbocycles. The zero-order chi connectivity index (χ0) is 11.3. The van der Waals surface area contributed by atoms with Crippen molar-refractivity contribution in [3.8, 4) is 0 Å². The molecule has 0 aromatic heterocycles. The highest BCUT2D eigenvalue weighted by Crippen LogP contribution is 1.97. The molecule has 0 heterocycles. The van der Waals surface area contributed by atoms with Gasteiger partial charge in [0.25, 0.3) is 5.91 Å². The van der Waals surface area contributed by atoms with Crippen molar-refractivity contribution < 1.29 is 14.4 Å². The Labute approximate surface area is 86.3 Å². The van der Waals surface area contributed by atoms with E-state index < -0.39 is 24.1 Å². The molecule has 1 aromatic carbocycles. The lowest BCUT2D eigenvalue weighted by Gasteiger charge is -2.01. The fraction of sp³-hybridized carbons (Fsp3) is 0.100. The van der Waals surface area contributed by atoms with E-state index in [1.165, 1.54) is 0 Å². The first-order valence-electron chi connectivity index (χ1n) is 4.27. The Morgan fingerprint density at radius 1 is 1.13 bits per heavy atom. The summed E-state index contributed by atoms with van der Waals surface area (Å²) in [6.45, 7) is 0. The van der Waals surface area contributed by atoms with Crippen molar-refractivity contribution in [1.82, 2.24) is 5.32 Å². The normalized spacial score (nSPS) is 9.33. The van der Waals surface area contributed by atoms with Gasteiger partial charge in [0, 0.05) is 5.56 Å². The van der Waals surface area contributed by atoms with Crippen molar-refractivity contribution in [2.45, 2.75) is 6.42 Å². The number of carbonyl (C=O) groups is 3. The Morgan fingerprint density at radius 2 is 1.73 bits per heavy atom. The lowest BCUT2D eigenvalue weighted by atomic mass is 10.2. The third kappa shape index (κ3) is 3.60. The number of hydrogen-bond donors (Lipinski definition) is 2. The number of benzene rings is 1. The topological polar surface area (TPSA) is 89.3 Å². The molecule has 0 radical (unpaired) electrons. The summed E-state index contributed by atoms with van der Waals surface area (Å²) in [5, 5.41) is 2.05. The smallest absolute Gasteiger partial charge is 0.257 e. The predicted molar refractivity (Wildman–Crippen MR) is 52.7 cm³/mol. The molecule has 1 aromatic rings. The van der Waals surface area contributed by atoms with E-state index in [1.54, 1.807) is 30.3 Å². The maximum atomic E-state index is 11.4. The number of primary amides is 1. The molecule has 5 nitrogen and oxygen atoms in total. The van der Waals surface area contributed by atoms with E-state index in [9.17, 15) is 14.4 Å². The van der Waals surface area contributed by atoms with Crippen LogP contribution in [0.3, 0.4) is 0 Å². The molecule has 15 heavy (non-hydrogen) atoms. The molecule has 0 aliphatic heterocycles. The summed E-state index contributed by atoms with van der Waals surface area (Å²) in [7, 11) is 0. The zero-order valence-electron chi connectivity index (χ0n) is 7.90. The fourth-order valence-electron chi connectivity index (χ4n) is 0.991. The average Bonchev–Trinajstić information content (AvgIpc) is 2.17. The van der Waals surface area contributed by atoms with Gasteiger partial charge in [-0.15, -0.1) is 0 Å². The summed E-state index contributed by atoms with van der Waals surface area (Å²) in [5.74, 6) is -2.01. The SMILES string of the molecule is NC(=O)CC(=O)NC(=O)c1ccccc1. The Kier molecular flexibility index (Phi) is 3.56. The van der Waals surface area contributed by atoms with Crippen LogP contribution in [0, 0.1) is 0 Å². The summed E-state index contributed by atoms with van der Waals surface area (Å²) >= 11 is 0. The number of rotatable bonds is 3. The van der Waals surface area contributed by atoms with Gasteiger partial charge in [-0.3, -0.25) is 19.7 Å². The second kappa shape index (κ2) is 4.90. The first-order valence-corrected chi connectivity index (χ1v) is 4.27. The molecule has 78 valence electrons. The zero-order valence-corrected chi connectivity index (χ0v) is 7.90. The van der Waals surface area contributed by atoms with Crippen LogP contribution < -0.4 is 11.1 Å². The number of imide groups is 1. The van der Waals surface area contributed by atoms with Crippen LogP contribution in [0.25, 0.3) is 0 Å². The molecule has 3 amide bonds. The second-order valence-electron chi connectivity index (χ2n) is 2.89. The largest absolute Gasteiger partial charge is 0.369 e. The minimum Gasteiger partial charge on any atom is -0.369 e. The number of nitrogens with two attached hydrogens (primary N) is 1. The Hall–Kier alpha value is -2.17. The van der Waals surface area contributed by atoms with Gasteiger partial charge in [0.2, 0.25) is 11.8 Å². The maximum absolute atomic E-state index is 11.4. The number of amides is 3. The highest BCUT2D eigenvalue weighted by Gasteiger charge is 2.11. The van der Waals surface area contributed by atoms with Gasteiger partial charge >= 0.3 is 0 Å². The van der Waals surface area contributed by atoms with Gasteiger partial charge in [-0.2, -0.15) is 0 Å². The monoisotopic (exact) mass is 206 g/mol. The van der Waals surface area contributed by atoms with Crippen LogP contribution in [-0.2, 0) is 9.59 Å². The molecule has 0 fully saturated rings. The van der Waals surface area contributed by atoms with Gasteiger partial charge in [-0.25, -0.2) is 0 Å². The van der Waals surface area contributed by atoms with Gasteiger partial charge in [-0.05, 0) is 12.1 Å². The van der Waals surface area contributed by atoms with E-state index in [0.717, 1.165) is 0 Å². The quantitative estimate of drug-likeness (QED) is 0.672. The Balaban J connectivity index is 2.57. The number of carbonyl (C=O) groups excluding carboxylic acids is 3. The van der Waals surface area contributed by atoms with Crippen molar-refractivity contribution >= 4 is 17.7 Å². The summed E-state index contributed by atoms with van der Waals surface area (Å²) < 4.78 is 0. The van der Waals surface area contributed by atoms with Gasteiger partial charge in [0.1, 0.15) is 6.42 Å². The second-order valence-corrected chi connectivity index (χ2v) is 2.89. The Morgan fingerprint density at radius 3 is 2.27 bits per heavy atom.